The molecule has 0 bridgehead atoms. The Labute approximate surface area is 198 Å². The molecular formula is C25H30N5O4+. The van der Waals surface area contributed by atoms with Gasteiger partial charge in [0.25, 0.3) is 0 Å². The van der Waals surface area contributed by atoms with Gasteiger partial charge < -0.3 is 19.6 Å². The van der Waals surface area contributed by atoms with Crippen LogP contribution in [0, 0.1) is 5.41 Å². The molecule has 2 aromatic rings. The SMILES string of the molecule is C[N+]1(C)CC[C@@](CCN=[N+]=[N-])([C@H](NC(=O)OCC2c3ccccc3-c3ccccc32)C(=O)O)C1. The Morgan fingerprint density at radius 2 is 1.82 bits per heavy atom. The van der Waals surface area contributed by atoms with Gasteiger partial charge in [-0.15, -0.1) is 0 Å². The molecule has 0 saturated carbocycles. The maximum atomic E-state index is 12.8. The standard InChI is InChI=1S/C25H29N5O4/c1-30(2)14-12-25(16-30,11-13-27-29-26)22(23(31)32)28-24(33)34-15-21-19-9-5-3-7-17(19)18-8-4-6-10-20(18)21/h3-10,21-22H,11-16H2,1-2H3,(H-,28,31,32,33)/p+1/t22-,25-/m1/s1. The fourth-order valence-electron chi connectivity index (χ4n) is 5.67. The van der Waals surface area contributed by atoms with Gasteiger partial charge in [0, 0.05) is 23.8 Å². The van der Waals surface area contributed by atoms with Crippen molar-refractivity contribution < 1.29 is 23.9 Å². The Bertz CT molecular complexity index is 1100. The average Bonchev–Trinajstić information content (AvgIpc) is 3.30. The molecule has 1 saturated heterocycles. The number of carboxylic acid groups (broad SMARTS) is 1. The van der Waals surface area contributed by atoms with Crippen molar-refractivity contribution in [2.45, 2.75) is 24.8 Å². The zero-order chi connectivity index (χ0) is 24.3. The summed E-state index contributed by atoms with van der Waals surface area (Å²) >= 11 is 0. The molecule has 0 unspecified atom stereocenters. The van der Waals surface area contributed by atoms with Crippen molar-refractivity contribution in [3.05, 3.63) is 70.1 Å². The lowest BCUT2D eigenvalue weighted by Crippen LogP contribution is -2.55. The van der Waals surface area contributed by atoms with Crippen LogP contribution in [0.15, 0.2) is 53.6 Å². The second-order valence-corrected chi connectivity index (χ2v) is 9.88. The number of hydrogen-bond acceptors (Lipinski definition) is 4. The molecule has 1 aliphatic heterocycles. The van der Waals surface area contributed by atoms with Crippen LogP contribution in [0.1, 0.15) is 29.9 Å². The van der Waals surface area contributed by atoms with Gasteiger partial charge in [0.2, 0.25) is 0 Å². The molecule has 4 rings (SSSR count). The number of nitrogens with zero attached hydrogens (tertiary/aromatic N) is 4. The summed E-state index contributed by atoms with van der Waals surface area (Å²) in [7, 11) is 4.06. The third-order valence-corrected chi connectivity index (χ3v) is 7.20. The first-order valence-corrected chi connectivity index (χ1v) is 11.4. The van der Waals surface area contributed by atoms with E-state index in [9.17, 15) is 14.7 Å². The number of ether oxygens (including phenoxy) is 1. The average molecular weight is 465 g/mol. The molecule has 9 heteroatoms. The second kappa shape index (κ2) is 9.37. The Hall–Kier alpha value is -3.55. The van der Waals surface area contributed by atoms with Gasteiger partial charge in [0.05, 0.1) is 32.6 Å². The second-order valence-electron chi connectivity index (χ2n) is 9.88. The maximum Gasteiger partial charge on any atom is 0.407 e. The highest BCUT2D eigenvalue weighted by Gasteiger charge is 2.53. The van der Waals surface area contributed by atoms with Crippen LogP contribution >= 0.6 is 0 Å². The minimum absolute atomic E-state index is 0.109. The molecule has 0 spiro atoms. The summed E-state index contributed by atoms with van der Waals surface area (Å²) in [6.07, 6.45) is 0.218. The number of benzene rings is 2. The Kier molecular flexibility index (Phi) is 6.50. The van der Waals surface area contributed by atoms with E-state index >= 15 is 0 Å². The van der Waals surface area contributed by atoms with Gasteiger partial charge in [-0.25, -0.2) is 9.59 Å². The van der Waals surface area contributed by atoms with Gasteiger partial charge in [-0.05, 0) is 34.2 Å². The predicted molar refractivity (Wildman–Crippen MR) is 127 cm³/mol. The summed E-state index contributed by atoms with van der Waals surface area (Å²) in [5.74, 6) is -1.22. The van der Waals surface area contributed by atoms with Gasteiger partial charge in [-0.3, -0.25) is 0 Å². The number of hydrogen-bond donors (Lipinski definition) is 2. The molecule has 2 aliphatic rings. The van der Waals surface area contributed by atoms with Crippen LogP contribution in [-0.4, -0.2) is 68.0 Å². The number of nitrogens with one attached hydrogen (secondary N) is 1. The number of likely N-dealkylation sites (tertiary alicyclic amines) is 1. The van der Waals surface area contributed by atoms with Crippen molar-refractivity contribution in [3.63, 3.8) is 0 Å². The maximum absolute atomic E-state index is 12.8. The van der Waals surface area contributed by atoms with Gasteiger partial charge in [-0.1, -0.05) is 53.6 Å². The Morgan fingerprint density at radius 3 is 2.35 bits per heavy atom. The molecule has 2 atom stereocenters. The lowest BCUT2D eigenvalue weighted by Gasteiger charge is -2.35. The number of carbonyl (C=O) groups is 2. The fraction of sp³-hybridized carbons (Fsp3) is 0.440. The van der Waals surface area contributed by atoms with E-state index in [0.29, 0.717) is 23.9 Å². The minimum Gasteiger partial charge on any atom is -0.480 e. The summed E-state index contributed by atoms with van der Waals surface area (Å²) < 4.78 is 6.23. The van der Waals surface area contributed by atoms with Crippen molar-refractivity contribution in [3.8, 4) is 11.1 Å². The summed E-state index contributed by atoms with van der Waals surface area (Å²) in [5, 5.41) is 16.3. The number of carboxylic acids is 1. The molecule has 1 aliphatic carbocycles. The van der Waals surface area contributed by atoms with Gasteiger partial charge in [-0.2, -0.15) is 0 Å². The van der Waals surface area contributed by atoms with Crippen molar-refractivity contribution >= 4 is 12.1 Å². The largest absolute Gasteiger partial charge is 0.480 e. The zero-order valence-electron chi connectivity index (χ0n) is 19.5. The number of alkyl carbamates (subject to hydrolysis) is 1. The van der Waals surface area contributed by atoms with Crippen LogP contribution in [0.25, 0.3) is 21.6 Å². The minimum atomic E-state index is -1.14. The molecular weight excluding hydrogens is 434 g/mol. The highest BCUT2D eigenvalue weighted by molar-refractivity contribution is 5.81. The highest BCUT2D eigenvalue weighted by atomic mass is 16.5. The van der Waals surface area contributed by atoms with Crippen LogP contribution in [0.3, 0.4) is 0 Å². The Balaban J connectivity index is 1.50. The van der Waals surface area contributed by atoms with E-state index in [2.05, 4.69) is 27.5 Å². The van der Waals surface area contributed by atoms with Gasteiger partial charge in [0.15, 0.2) is 0 Å². The molecule has 34 heavy (non-hydrogen) atoms. The van der Waals surface area contributed by atoms with Gasteiger partial charge in [0.1, 0.15) is 12.6 Å². The molecule has 0 radical (unpaired) electrons. The molecule has 9 nitrogen and oxygen atoms in total. The van der Waals surface area contributed by atoms with E-state index < -0.39 is 23.5 Å². The van der Waals surface area contributed by atoms with E-state index in [4.69, 9.17) is 10.3 Å². The first-order valence-electron chi connectivity index (χ1n) is 11.4. The quantitative estimate of drug-likeness (QED) is 0.264. The van der Waals surface area contributed by atoms with Crippen LogP contribution in [-0.2, 0) is 9.53 Å². The lowest BCUT2D eigenvalue weighted by atomic mass is 9.76. The normalized spacial score (nSPS) is 21.1. The van der Waals surface area contributed by atoms with Crippen LogP contribution in [0.5, 0.6) is 0 Å². The summed E-state index contributed by atoms with van der Waals surface area (Å²) in [4.78, 5) is 27.9. The van der Waals surface area contributed by atoms with E-state index in [-0.39, 0.29) is 19.1 Å². The Morgan fingerprint density at radius 1 is 1.21 bits per heavy atom. The number of carbonyl (C=O) groups excluding carboxylic acids is 1. The van der Waals surface area contributed by atoms with Crippen LogP contribution in [0.4, 0.5) is 4.79 Å². The molecule has 1 amide bonds. The molecule has 1 fully saturated rings. The van der Waals surface area contributed by atoms with E-state index in [1.54, 1.807) is 0 Å². The summed E-state index contributed by atoms with van der Waals surface area (Å²) in [5.41, 5.74) is 12.4. The number of fused-ring (bicyclic) bond motifs is 3. The topological polar surface area (TPSA) is 124 Å². The van der Waals surface area contributed by atoms with Crippen molar-refractivity contribution in [1.82, 2.24) is 5.32 Å². The van der Waals surface area contributed by atoms with Gasteiger partial charge >= 0.3 is 12.1 Å². The third-order valence-electron chi connectivity index (χ3n) is 7.20. The first-order chi connectivity index (χ1) is 16.3. The number of amides is 1. The highest BCUT2D eigenvalue weighted by Crippen LogP contribution is 2.44. The number of aliphatic carboxylic acids is 1. The van der Waals surface area contributed by atoms with E-state index in [0.717, 1.165) is 28.8 Å². The summed E-state index contributed by atoms with van der Waals surface area (Å²) in [6, 6.07) is 14.9. The number of azide groups is 1. The molecule has 2 N–H and O–H groups in total. The monoisotopic (exact) mass is 464 g/mol. The summed E-state index contributed by atoms with van der Waals surface area (Å²) in [6.45, 7) is 1.60. The number of quaternary nitrogens is 1. The number of rotatable bonds is 8. The predicted octanol–water partition coefficient (Wildman–Crippen LogP) is 4.15. The molecule has 1 heterocycles. The van der Waals surface area contributed by atoms with Crippen LogP contribution in [0.2, 0.25) is 0 Å². The first kappa shape index (κ1) is 23.6. The zero-order valence-corrected chi connectivity index (χ0v) is 19.5. The van der Waals surface area contributed by atoms with E-state index in [1.807, 2.05) is 50.5 Å². The molecule has 0 aromatic heterocycles. The van der Waals surface area contributed by atoms with E-state index in [1.165, 1.54) is 0 Å². The van der Waals surface area contributed by atoms with Crippen molar-refractivity contribution in [2.75, 3.05) is 40.3 Å². The third kappa shape index (κ3) is 4.58. The molecule has 2 aromatic carbocycles. The smallest absolute Gasteiger partial charge is 0.407 e. The fourth-order valence-corrected chi connectivity index (χ4v) is 5.67. The van der Waals surface area contributed by atoms with Crippen molar-refractivity contribution in [1.29, 1.82) is 0 Å². The lowest BCUT2D eigenvalue weighted by molar-refractivity contribution is -0.881. The molecule has 178 valence electrons. The van der Waals surface area contributed by atoms with Crippen molar-refractivity contribution in [2.24, 2.45) is 10.5 Å². The van der Waals surface area contributed by atoms with Crippen LogP contribution < -0.4 is 5.32 Å².